The van der Waals surface area contributed by atoms with Crippen molar-refractivity contribution in [2.45, 2.75) is 47.6 Å². The second kappa shape index (κ2) is 11.2. The first-order chi connectivity index (χ1) is 20.0. The fourth-order valence-corrected chi connectivity index (χ4v) is 7.60. The van der Waals surface area contributed by atoms with Gasteiger partial charge < -0.3 is 14.2 Å². The van der Waals surface area contributed by atoms with Gasteiger partial charge in [0.05, 0.1) is 34.0 Å². The number of benzene rings is 1. The third-order valence-electron chi connectivity index (χ3n) is 7.68. The molecule has 3 aromatic heterocycles. The first kappa shape index (κ1) is 29.3. The number of esters is 1. The van der Waals surface area contributed by atoms with Gasteiger partial charge in [-0.3, -0.25) is 9.36 Å². The summed E-state index contributed by atoms with van der Waals surface area (Å²) in [6.07, 6.45) is 1.89. The van der Waals surface area contributed by atoms with Crippen LogP contribution in [0.15, 0.2) is 51.4 Å². The molecule has 0 saturated carbocycles. The van der Waals surface area contributed by atoms with Gasteiger partial charge in [-0.1, -0.05) is 23.5 Å². The van der Waals surface area contributed by atoms with E-state index in [1.54, 1.807) is 29.8 Å². The van der Waals surface area contributed by atoms with Crippen LogP contribution in [0.3, 0.4) is 0 Å². The van der Waals surface area contributed by atoms with Gasteiger partial charge in [0.25, 0.3) is 5.56 Å². The van der Waals surface area contributed by atoms with Crippen LogP contribution >= 0.6 is 22.7 Å². The van der Waals surface area contributed by atoms with Gasteiger partial charge in [-0.2, -0.15) is 5.26 Å². The van der Waals surface area contributed by atoms with Crippen molar-refractivity contribution in [2.24, 2.45) is 4.99 Å². The summed E-state index contributed by atoms with van der Waals surface area (Å²) in [5.41, 5.74) is 6.95. The minimum atomic E-state index is -0.665. The van der Waals surface area contributed by atoms with Gasteiger partial charge in [0, 0.05) is 36.0 Å². The Bertz CT molecular complexity index is 1980. The SMILES string of the molecule is CCOC(=O)C1=C(C)N=c2s/c(=C/c3cc(C)n(-c4sc(C)c(C)c4C#N)c3C)c(=O)n2[C@@H]1c1ccc(N(C)C)cc1. The Hall–Kier alpha value is -4.20. The minimum absolute atomic E-state index is 0.221. The highest BCUT2D eigenvalue weighted by Crippen LogP contribution is 2.34. The van der Waals surface area contributed by atoms with Crippen LogP contribution in [-0.2, 0) is 9.53 Å². The number of nitrogens with zero attached hydrogens (tertiary/aromatic N) is 5. The van der Waals surface area contributed by atoms with Gasteiger partial charge in [-0.25, -0.2) is 9.79 Å². The lowest BCUT2D eigenvalue weighted by Crippen LogP contribution is -2.40. The molecule has 1 aliphatic heterocycles. The monoisotopic (exact) mass is 599 g/mol. The normalized spacial score (nSPS) is 14.9. The number of carbonyl (C=O) groups is 1. The molecule has 1 aliphatic rings. The molecule has 5 rings (SSSR count). The predicted molar refractivity (Wildman–Crippen MR) is 168 cm³/mol. The van der Waals surface area contributed by atoms with Gasteiger partial charge in [-0.15, -0.1) is 11.3 Å². The smallest absolute Gasteiger partial charge is 0.338 e. The Balaban J connectivity index is 1.69. The maximum atomic E-state index is 14.1. The zero-order chi connectivity index (χ0) is 30.5. The van der Waals surface area contributed by atoms with E-state index in [1.165, 1.54) is 11.3 Å². The van der Waals surface area contributed by atoms with E-state index in [0.29, 0.717) is 26.2 Å². The molecule has 216 valence electrons. The summed E-state index contributed by atoms with van der Waals surface area (Å²) in [4.78, 5) is 35.6. The number of allylic oxidation sites excluding steroid dienone is 1. The Morgan fingerprint density at radius 3 is 2.45 bits per heavy atom. The molecule has 10 heteroatoms. The van der Waals surface area contributed by atoms with Gasteiger partial charge in [-0.05, 0) is 82.5 Å². The zero-order valence-corrected chi connectivity index (χ0v) is 26.7. The van der Waals surface area contributed by atoms with Crippen LogP contribution in [0.4, 0.5) is 5.69 Å². The van der Waals surface area contributed by atoms with E-state index >= 15 is 0 Å². The number of rotatable bonds is 6. The molecule has 0 amide bonds. The Kier molecular flexibility index (Phi) is 7.84. The molecule has 0 saturated heterocycles. The number of aryl methyl sites for hydroxylation is 2. The summed E-state index contributed by atoms with van der Waals surface area (Å²) in [7, 11) is 3.93. The number of ether oxygens (including phenoxy) is 1. The quantitative estimate of drug-likeness (QED) is 0.296. The third-order valence-corrected chi connectivity index (χ3v) is 9.86. The number of carbonyl (C=O) groups excluding carboxylic acids is 1. The van der Waals surface area contributed by atoms with E-state index in [1.807, 2.05) is 83.1 Å². The predicted octanol–water partition coefficient (Wildman–Crippen LogP) is 4.82. The van der Waals surface area contributed by atoms with Gasteiger partial charge >= 0.3 is 5.97 Å². The van der Waals surface area contributed by atoms with Gasteiger partial charge in [0.15, 0.2) is 4.80 Å². The number of thiophene rings is 1. The number of hydrogen-bond acceptors (Lipinski definition) is 8. The fourth-order valence-electron chi connectivity index (χ4n) is 5.35. The van der Waals surface area contributed by atoms with E-state index in [-0.39, 0.29) is 12.2 Å². The van der Waals surface area contributed by atoms with E-state index in [4.69, 9.17) is 9.73 Å². The summed E-state index contributed by atoms with van der Waals surface area (Å²) in [5.74, 6) is -0.479. The number of aromatic nitrogens is 2. The minimum Gasteiger partial charge on any atom is -0.463 e. The van der Waals surface area contributed by atoms with Crippen LogP contribution < -0.4 is 19.8 Å². The first-order valence-corrected chi connectivity index (χ1v) is 15.3. The van der Waals surface area contributed by atoms with Crippen molar-refractivity contribution >= 4 is 40.4 Å². The second-order valence-electron chi connectivity index (χ2n) is 10.5. The molecule has 1 aromatic carbocycles. The third kappa shape index (κ3) is 4.82. The largest absolute Gasteiger partial charge is 0.463 e. The van der Waals surface area contributed by atoms with Crippen LogP contribution in [0.5, 0.6) is 0 Å². The molecule has 4 aromatic rings. The maximum absolute atomic E-state index is 14.1. The Morgan fingerprint density at radius 2 is 1.83 bits per heavy atom. The molecular formula is C32H33N5O3S2. The molecule has 8 nitrogen and oxygen atoms in total. The lowest BCUT2D eigenvalue weighted by Gasteiger charge is -2.25. The number of anilines is 1. The summed E-state index contributed by atoms with van der Waals surface area (Å²) in [5, 5.41) is 10.7. The summed E-state index contributed by atoms with van der Waals surface area (Å²) in [6.45, 7) is 11.8. The van der Waals surface area contributed by atoms with Crippen LogP contribution in [0.1, 0.15) is 58.4 Å². The average Bonchev–Trinajstić information content (AvgIpc) is 3.52. The molecule has 0 unspecified atom stereocenters. The molecule has 0 aliphatic carbocycles. The van der Waals surface area contributed by atoms with Crippen molar-refractivity contribution in [1.29, 1.82) is 5.26 Å². The molecule has 0 fully saturated rings. The number of thiazole rings is 1. The van der Waals surface area contributed by atoms with E-state index in [2.05, 4.69) is 10.6 Å². The highest BCUT2D eigenvalue weighted by atomic mass is 32.1. The molecular weight excluding hydrogens is 567 g/mol. The standard InChI is InChI=1S/C32H33N5O3S2/c1-9-40-31(39)27-19(4)34-32-37(28(27)22-10-12-24(13-11-22)35(7)8)29(38)26(42-32)15-23-14-17(2)36(20(23)5)30-25(16-33)18(3)21(6)41-30/h10-15,28H,9H2,1-8H3/b26-15+/t28-/m1/s1. The zero-order valence-electron chi connectivity index (χ0n) is 25.0. The molecule has 42 heavy (non-hydrogen) atoms. The van der Waals surface area contributed by atoms with Crippen LogP contribution in [0.25, 0.3) is 11.1 Å². The van der Waals surface area contributed by atoms with Crippen molar-refractivity contribution in [1.82, 2.24) is 9.13 Å². The van der Waals surface area contributed by atoms with Crippen molar-refractivity contribution in [3.05, 3.63) is 99.8 Å². The van der Waals surface area contributed by atoms with E-state index in [0.717, 1.165) is 43.6 Å². The molecule has 1 atom stereocenters. The maximum Gasteiger partial charge on any atom is 0.338 e. The van der Waals surface area contributed by atoms with Crippen molar-refractivity contribution in [2.75, 3.05) is 25.6 Å². The summed E-state index contributed by atoms with van der Waals surface area (Å²) >= 11 is 2.90. The van der Waals surface area contributed by atoms with Crippen LogP contribution in [0, 0.1) is 39.0 Å². The van der Waals surface area contributed by atoms with Crippen molar-refractivity contribution in [3.63, 3.8) is 0 Å². The lowest BCUT2D eigenvalue weighted by molar-refractivity contribution is -0.139. The number of hydrogen-bond donors (Lipinski definition) is 0. The second-order valence-corrected chi connectivity index (χ2v) is 12.7. The highest BCUT2D eigenvalue weighted by molar-refractivity contribution is 7.15. The molecule has 0 N–H and O–H groups in total. The van der Waals surface area contributed by atoms with Crippen LogP contribution in [0.2, 0.25) is 0 Å². The Morgan fingerprint density at radius 1 is 1.14 bits per heavy atom. The lowest BCUT2D eigenvalue weighted by atomic mass is 9.95. The van der Waals surface area contributed by atoms with Gasteiger partial charge in [0.2, 0.25) is 0 Å². The number of nitriles is 1. The molecule has 0 spiro atoms. The first-order valence-electron chi connectivity index (χ1n) is 13.6. The molecule has 0 radical (unpaired) electrons. The van der Waals surface area contributed by atoms with Gasteiger partial charge in [0.1, 0.15) is 11.1 Å². The highest BCUT2D eigenvalue weighted by Gasteiger charge is 2.33. The van der Waals surface area contributed by atoms with E-state index in [9.17, 15) is 14.9 Å². The topological polar surface area (TPSA) is 92.6 Å². The Labute approximate surface area is 252 Å². The fraction of sp³-hybridized carbons (Fsp3) is 0.312. The molecule has 0 bridgehead atoms. The average molecular weight is 600 g/mol. The number of fused-ring (bicyclic) bond motifs is 1. The summed E-state index contributed by atoms with van der Waals surface area (Å²) in [6, 6.07) is 11.6. The van der Waals surface area contributed by atoms with Crippen LogP contribution in [-0.4, -0.2) is 35.8 Å². The molecule has 4 heterocycles. The van der Waals surface area contributed by atoms with Crippen molar-refractivity contribution in [3.8, 4) is 11.1 Å². The van der Waals surface area contributed by atoms with E-state index < -0.39 is 12.0 Å². The van der Waals surface area contributed by atoms with Crippen molar-refractivity contribution < 1.29 is 9.53 Å². The summed E-state index contributed by atoms with van der Waals surface area (Å²) < 4.78 is 9.63.